The second kappa shape index (κ2) is 7.51. The quantitative estimate of drug-likeness (QED) is 0.821. The van der Waals surface area contributed by atoms with Crippen molar-refractivity contribution in [3.05, 3.63) is 28.8 Å². The van der Waals surface area contributed by atoms with E-state index in [2.05, 4.69) is 49.3 Å². The van der Waals surface area contributed by atoms with E-state index in [-0.39, 0.29) is 0 Å². The molecule has 0 saturated heterocycles. The molecule has 0 heterocycles. The van der Waals surface area contributed by atoms with Crippen LogP contribution in [0.15, 0.2) is 18.2 Å². The van der Waals surface area contributed by atoms with Crippen LogP contribution < -0.4 is 10.2 Å². The fourth-order valence-corrected chi connectivity index (χ4v) is 3.70. The lowest BCUT2D eigenvalue weighted by atomic mass is 9.84. The number of rotatable bonds is 5. The van der Waals surface area contributed by atoms with Crippen LogP contribution in [0.1, 0.15) is 57.6 Å². The van der Waals surface area contributed by atoms with E-state index in [4.69, 9.17) is 11.6 Å². The molecule has 1 saturated carbocycles. The normalized spacial score (nSPS) is 23.9. The third kappa shape index (κ3) is 3.92. The van der Waals surface area contributed by atoms with Crippen molar-refractivity contribution in [3.8, 4) is 0 Å². The van der Waals surface area contributed by atoms with Crippen molar-refractivity contribution in [2.24, 2.45) is 5.92 Å². The predicted octanol–water partition coefficient (Wildman–Crippen LogP) is 5.03. The van der Waals surface area contributed by atoms with Gasteiger partial charge in [-0.25, -0.2) is 0 Å². The maximum Gasteiger partial charge on any atom is 0.0642 e. The molecule has 118 valence electrons. The molecule has 0 bridgehead atoms. The molecule has 1 unspecified atom stereocenters. The summed E-state index contributed by atoms with van der Waals surface area (Å²) in [4.78, 5) is 2.39. The summed E-state index contributed by atoms with van der Waals surface area (Å²) in [6, 6.07) is 7.44. The van der Waals surface area contributed by atoms with Crippen LogP contribution >= 0.6 is 11.6 Å². The summed E-state index contributed by atoms with van der Waals surface area (Å²) in [5.41, 5.74) is 2.41. The Balaban J connectivity index is 2.07. The minimum absolute atomic E-state index is 0.335. The van der Waals surface area contributed by atoms with E-state index in [1.807, 2.05) is 7.05 Å². The van der Waals surface area contributed by atoms with E-state index in [0.29, 0.717) is 12.1 Å². The molecule has 1 N–H and O–H groups in total. The molecule has 2 nitrogen and oxygen atoms in total. The predicted molar refractivity (Wildman–Crippen MR) is 93.4 cm³/mol. The molecule has 0 spiro atoms. The first-order valence-electron chi connectivity index (χ1n) is 8.26. The smallest absolute Gasteiger partial charge is 0.0642 e. The van der Waals surface area contributed by atoms with Gasteiger partial charge in [-0.3, -0.25) is 0 Å². The summed E-state index contributed by atoms with van der Waals surface area (Å²) in [5, 5.41) is 4.13. The van der Waals surface area contributed by atoms with Crippen molar-refractivity contribution in [2.45, 2.75) is 58.0 Å². The van der Waals surface area contributed by atoms with Crippen LogP contribution in [-0.2, 0) is 0 Å². The van der Waals surface area contributed by atoms with Crippen LogP contribution in [0, 0.1) is 5.92 Å². The van der Waals surface area contributed by atoms with Gasteiger partial charge in [-0.1, -0.05) is 31.0 Å². The number of nitrogens with zero attached hydrogens (tertiary/aromatic N) is 1. The molecule has 1 aromatic carbocycles. The minimum Gasteiger partial charge on any atom is -0.370 e. The molecule has 3 heteroatoms. The molecule has 0 radical (unpaired) electrons. The first-order chi connectivity index (χ1) is 10.1. The molecule has 1 aromatic rings. The number of benzene rings is 1. The molecule has 1 fully saturated rings. The topological polar surface area (TPSA) is 15.3 Å². The van der Waals surface area contributed by atoms with Gasteiger partial charge in [0.15, 0.2) is 0 Å². The second-order valence-corrected chi connectivity index (χ2v) is 6.82. The van der Waals surface area contributed by atoms with Gasteiger partial charge in [0.25, 0.3) is 0 Å². The van der Waals surface area contributed by atoms with Crippen molar-refractivity contribution in [1.29, 1.82) is 0 Å². The molecule has 1 aliphatic rings. The van der Waals surface area contributed by atoms with Crippen LogP contribution in [0.4, 0.5) is 5.69 Å². The van der Waals surface area contributed by atoms with Gasteiger partial charge in [-0.15, -0.1) is 0 Å². The monoisotopic (exact) mass is 308 g/mol. The van der Waals surface area contributed by atoms with E-state index in [9.17, 15) is 0 Å². The number of nitrogens with one attached hydrogen (secondary N) is 1. The van der Waals surface area contributed by atoms with Gasteiger partial charge >= 0.3 is 0 Å². The fraction of sp³-hybridized carbons (Fsp3) is 0.667. The van der Waals surface area contributed by atoms with E-state index in [1.165, 1.54) is 43.4 Å². The highest BCUT2D eigenvalue weighted by atomic mass is 35.5. The molecule has 0 aromatic heterocycles. The van der Waals surface area contributed by atoms with Gasteiger partial charge in [-0.2, -0.15) is 0 Å². The van der Waals surface area contributed by atoms with Crippen LogP contribution in [0.25, 0.3) is 0 Å². The van der Waals surface area contributed by atoms with Gasteiger partial charge in [-0.05, 0) is 63.3 Å². The lowest BCUT2D eigenvalue weighted by molar-refractivity contribution is 0.313. The Hall–Kier alpha value is -0.730. The third-order valence-electron chi connectivity index (χ3n) is 5.23. The Morgan fingerprint density at radius 3 is 2.48 bits per heavy atom. The maximum atomic E-state index is 6.53. The standard InChI is InChI=1S/C18H29ClN2/c1-5-14-6-9-16(10-7-14)21(4)18-11-8-15(12-17(18)19)13(2)20-3/h8,11-14,16,20H,5-7,9-10H2,1-4H3. The summed E-state index contributed by atoms with van der Waals surface area (Å²) < 4.78 is 0. The van der Waals surface area contributed by atoms with Gasteiger partial charge in [0, 0.05) is 19.1 Å². The van der Waals surface area contributed by atoms with E-state index in [0.717, 1.165) is 10.9 Å². The lowest BCUT2D eigenvalue weighted by Crippen LogP contribution is -2.35. The Labute approximate surface area is 134 Å². The molecule has 1 aliphatic carbocycles. The van der Waals surface area contributed by atoms with Crippen molar-refractivity contribution in [1.82, 2.24) is 5.32 Å². The van der Waals surface area contributed by atoms with E-state index in [1.54, 1.807) is 0 Å². The van der Waals surface area contributed by atoms with Gasteiger partial charge < -0.3 is 10.2 Å². The largest absolute Gasteiger partial charge is 0.370 e. The Morgan fingerprint density at radius 1 is 1.29 bits per heavy atom. The van der Waals surface area contributed by atoms with E-state index < -0.39 is 0 Å². The molecule has 0 amide bonds. The summed E-state index contributed by atoms with van der Waals surface area (Å²) in [6.45, 7) is 4.47. The molecule has 2 rings (SSSR count). The summed E-state index contributed by atoms with van der Waals surface area (Å²) in [6.07, 6.45) is 6.63. The Morgan fingerprint density at radius 2 is 1.95 bits per heavy atom. The zero-order chi connectivity index (χ0) is 15.4. The zero-order valence-electron chi connectivity index (χ0n) is 13.8. The molecule has 0 aliphatic heterocycles. The molecule has 21 heavy (non-hydrogen) atoms. The molecular formula is C18H29ClN2. The van der Waals surface area contributed by atoms with Crippen LogP contribution in [0.3, 0.4) is 0 Å². The van der Waals surface area contributed by atoms with Crippen molar-refractivity contribution in [2.75, 3.05) is 19.0 Å². The highest BCUT2D eigenvalue weighted by Gasteiger charge is 2.24. The van der Waals surface area contributed by atoms with Gasteiger partial charge in [0.2, 0.25) is 0 Å². The first-order valence-corrected chi connectivity index (χ1v) is 8.64. The highest BCUT2D eigenvalue weighted by molar-refractivity contribution is 6.33. The third-order valence-corrected chi connectivity index (χ3v) is 5.53. The average molecular weight is 309 g/mol. The molecule has 1 atom stereocenters. The SMILES string of the molecule is CCC1CCC(N(C)c2ccc(C(C)NC)cc2Cl)CC1. The van der Waals surface area contributed by atoms with Crippen LogP contribution in [0.5, 0.6) is 0 Å². The van der Waals surface area contributed by atoms with Crippen molar-refractivity contribution >= 4 is 17.3 Å². The Bertz CT molecular complexity index is 453. The number of halogens is 1. The summed E-state index contributed by atoms with van der Waals surface area (Å²) in [5.74, 6) is 0.934. The second-order valence-electron chi connectivity index (χ2n) is 6.41. The summed E-state index contributed by atoms with van der Waals surface area (Å²) in [7, 11) is 4.17. The van der Waals surface area contributed by atoms with Crippen molar-refractivity contribution in [3.63, 3.8) is 0 Å². The maximum absolute atomic E-state index is 6.53. The number of hydrogen-bond acceptors (Lipinski definition) is 2. The fourth-order valence-electron chi connectivity index (χ4n) is 3.38. The molecular weight excluding hydrogens is 280 g/mol. The van der Waals surface area contributed by atoms with Crippen LogP contribution in [0.2, 0.25) is 5.02 Å². The van der Waals surface area contributed by atoms with E-state index >= 15 is 0 Å². The first kappa shape index (κ1) is 16.6. The van der Waals surface area contributed by atoms with Gasteiger partial charge in [0.05, 0.1) is 10.7 Å². The highest BCUT2D eigenvalue weighted by Crippen LogP contribution is 2.35. The van der Waals surface area contributed by atoms with Crippen LogP contribution in [-0.4, -0.2) is 20.1 Å². The summed E-state index contributed by atoms with van der Waals surface area (Å²) >= 11 is 6.53. The minimum atomic E-state index is 0.335. The van der Waals surface area contributed by atoms with Gasteiger partial charge in [0.1, 0.15) is 0 Å². The Kier molecular flexibility index (Phi) is 5.95. The number of hydrogen-bond donors (Lipinski definition) is 1. The average Bonchev–Trinajstić information content (AvgIpc) is 2.53. The zero-order valence-corrected chi connectivity index (χ0v) is 14.6. The van der Waals surface area contributed by atoms with Crippen molar-refractivity contribution < 1.29 is 0 Å². The lowest BCUT2D eigenvalue weighted by Gasteiger charge is -2.36. The number of anilines is 1.